The highest BCUT2D eigenvalue weighted by Gasteiger charge is 2.44. The number of rotatable bonds is 3. The summed E-state index contributed by atoms with van der Waals surface area (Å²) < 4.78 is 5.51. The van der Waals surface area contributed by atoms with Crippen molar-refractivity contribution in [2.75, 3.05) is 32.8 Å². The Balaban J connectivity index is 1.79. The van der Waals surface area contributed by atoms with Crippen LogP contribution >= 0.6 is 0 Å². The Morgan fingerprint density at radius 3 is 2.83 bits per heavy atom. The number of ether oxygens (including phenoxy) is 1. The minimum Gasteiger partial charge on any atom is -0.381 e. The van der Waals surface area contributed by atoms with Gasteiger partial charge < -0.3 is 14.5 Å². The maximum Gasteiger partial charge on any atom is 0.227 e. The van der Waals surface area contributed by atoms with Gasteiger partial charge in [-0.3, -0.25) is 14.6 Å². The van der Waals surface area contributed by atoms with Crippen LogP contribution in [0.4, 0.5) is 0 Å². The lowest BCUT2D eigenvalue weighted by Gasteiger charge is -2.46. The number of amides is 2. The van der Waals surface area contributed by atoms with E-state index in [1.807, 2.05) is 28.9 Å². The summed E-state index contributed by atoms with van der Waals surface area (Å²) >= 11 is 0. The molecule has 130 valence electrons. The molecule has 2 aliphatic rings. The molecule has 0 N–H and O–H groups in total. The molecule has 0 saturated carbocycles. The van der Waals surface area contributed by atoms with Gasteiger partial charge in [0.1, 0.15) is 0 Å². The van der Waals surface area contributed by atoms with Crippen LogP contribution in [0.1, 0.15) is 31.7 Å². The summed E-state index contributed by atoms with van der Waals surface area (Å²) in [5, 5.41) is 0. The second-order valence-electron chi connectivity index (χ2n) is 6.58. The van der Waals surface area contributed by atoms with E-state index in [4.69, 9.17) is 4.74 Å². The van der Waals surface area contributed by atoms with Gasteiger partial charge in [0, 0.05) is 51.7 Å². The first-order valence-corrected chi connectivity index (χ1v) is 8.69. The van der Waals surface area contributed by atoms with Crippen LogP contribution in [0.2, 0.25) is 0 Å². The smallest absolute Gasteiger partial charge is 0.227 e. The lowest BCUT2D eigenvalue weighted by Crippen LogP contribution is -2.58. The number of pyridine rings is 1. The molecule has 24 heavy (non-hydrogen) atoms. The van der Waals surface area contributed by atoms with Gasteiger partial charge in [-0.25, -0.2) is 0 Å². The Labute approximate surface area is 142 Å². The number of aromatic nitrogens is 1. The van der Waals surface area contributed by atoms with Gasteiger partial charge in [-0.1, -0.05) is 6.07 Å². The second-order valence-corrected chi connectivity index (χ2v) is 6.58. The summed E-state index contributed by atoms with van der Waals surface area (Å²) in [5.74, 6) is 0.218. The lowest BCUT2D eigenvalue weighted by atomic mass is 9.87. The van der Waals surface area contributed by atoms with E-state index in [2.05, 4.69) is 4.98 Å². The highest BCUT2D eigenvalue weighted by Crippen LogP contribution is 2.32. The standard InChI is InChI=1S/C18H25N3O3/c1-2-21-16(22)5-9-20(14-18(21)6-10-24-11-7-18)17(23)12-15-4-3-8-19-13-15/h3-4,8,13H,2,5-7,9-12,14H2,1H3. The Bertz CT molecular complexity index is 584. The Hall–Kier alpha value is -1.95. The van der Waals surface area contributed by atoms with Crippen molar-refractivity contribution >= 4 is 11.8 Å². The molecule has 0 unspecified atom stereocenters. The zero-order valence-corrected chi connectivity index (χ0v) is 14.2. The molecular formula is C18H25N3O3. The zero-order valence-electron chi connectivity index (χ0n) is 14.2. The van der Waals surface area contributed by atoms with E-state index in [0.29, 0.717) is 45.7 Å². The molecule has 1 aromatic heterocycles. The summed E-state index contributed by atoms with van der Waals surface area (Å²) in [4.78, 5) is 33.3. The minimum absolute atomic E-state index is 0.0691. The highest BCUT2D eigenvalue weighted by atomic mass is 16.5. The predicted molar refractivity (Wildman–Crippen MR) is 89.3 cm³/mol. The van der Waals surface area contributed by atoms with Gasteiger partial charge >= 0.3 is 0 Å². The van der Waals surface area contributed by atoms with Gasteiger partial charge in [0.05, 0.1) is 12.0 Å². The van der Waals surface area contributed by atoms with Gasteiger partial charge in [0.15, 0.2) is 0 Å². The molecule has 6 nitrogen and oxygen atoms in total. The summed E-state index contributed by atoms with van der Waals surface area (Å²) in [6.45, 7) is 5.10. The van der Waals surface area contributed by atoms with Gasteiger partial charge in [-0.15, -0.1) is 0 Å². The Morgan fingerprint density at radius 2 is 2.17 bits per heavy atom. The van der Waals surface area contributed by atoms with Crippen molar-refractivity contribution < 1.29 is 14.3 Å². The van der Waals surface area contributed by atoms with Crippen LogP contribution in [-0.2, 0) is 20.7 Å². The fourth-order valence-corrected chi connectivity index (χ4v) is 3.84. The molecule has 3 heterocycles. The van der Waals surface area contributed by atoms with Gasteiger partial charge in [0.25, 0.3) is 0 Å². The van der Waals surface area contributed by atoms with E-state index in [-0.39, 0.29) is 17.4 Å². The SMILES string of the molecule is CCN1C(=O)CCN(C(=O)Cc2cccnc2)CC12CCOCC2. The molecule has 0 aliphatic carbocycles. The monoisotopic (exact) mass is 331 g/mol. The maximum atomic E-state index is 12.8. The molecule has 0 radical (unpaired) electrons. The average molecular weight is 331 g/mol. The lowest BCUT2D eigenvalue weighted by molar-refractivity contribution is -0.141. The zero-order chi connectivity index (χ0) is 17.0. The molecule has 2 aliphatic heterocycles. The van der Waals surface area contributed by atoms with Crippen molar-refractivity contribution in [2.24, 2.45) is 0 Å². The number of carbonyl (C=O) groups excluding carboxylic acids is 2. The maximum absolute atomic E-state index is 12.8. The first-order chi connectivity index (χ1) is 11.6. The third-order valence-corrected chi connectivity index (χ3v) is 5.12. The summed E-state index contributed by atoms with van der Waals surface area (Å²) in [6.07, 6.45) is 5.75. The number of likely N-dealkylation sites (N-methyl/N-ethyl adjacent to an activating group) is 1. The normalized spacial score (nSPS) is 21.0. The largest absolute Gasteiger partial charge is 0.381 e. The third kappa shape index (κ3) is 3.43. The minimum atomic E-state index is -0.273. The first kappa shape index (κ1) is 16.9. The van der Waals surface area contributed by atoms with Crippen molar-refractivity contribution in [1.82, 2.24) is 14.8 Å². The quantitative estimate of drug-likeness (QED) is 0.836. The van der Waals surface area contributed by atoms with E-state index < -0.39 is 0 Å². The first-order valence-electron chi connectivity index (χ1n) is 8.69. The predicted octanol–water partition coefficient (Wildman–Crippen LogP) is 1.25. The topological polar surface area (TPSA) is 62.7 Å². The van der Waals surface area contributed by atoms with Crippen LogP contribution in [0.3, 0.4) is 0 Å². The molecule has 0 aromatic carbocycles. The molecule has 2 fully saturated rings. The Morgan fingerprint density at radius 1 is 1.38 bits per heavy atom. The van der Waals surface area contributed by atoms with Crippen LogP contribution in [0.5, 0.6) is 0 Å². The van der Waals surface area contributed by atoms with Gasteiger partial charge in [-0.2, -0.15) is 0 Å². The molecule has 2 saturated heterocycles. The molecule has 3 rings (SSSR count). The van der Waals surface area contributed by atoms with Crippen LogP contribution in [0.25, 0.3) is 0 Å². The fraction of sp³-hybridized carbons (Fsp3) is 0.611. The summed E-state index contributed by atoms with van der Waals surface area (Å²) in [6, 6.07) is 3.75. The fourth-order valence-electron chi connectivity index (χ4n) is 3.84. The van der Waals surface area contributed by atoms with Crippen molar-refractivity contribution in [3.05, 3.63) is 30.1 Å². The van der Waals surface area contributed by atoms with E-state index in [1.165, 1.54) is 0 Å². The number of hydrogen-bond donors (Lipinski definition) is 0. The number of nitrogens with zero attached hydrogens (tertiary/aromatic N) is 3. The highest BCUT2D eigenvalue weighted by molar-refractivity contribution is 5.82. The molecule has 2 amide bonds. The van der Waals surface area contributed by atoms with Crippen LogP contribution in [0, 0.1) is 0 Å². The van der Waals surface area contributed by atoms with Crippen molar-refractivity contribution in [2.45, 2.75) is 38.1 Å². The molecule has 1 spiro atoms. The Kier molecular flexibility index (Phi) is 5.14. The van der Waals surface area contributed by atoms with Gasteiger partial charge in [0.2, 0.25) is 11.8 Å². The number of carbonyl (C=O) groups is 2. The third-order valence-electron chi connectivity index (χ3n) is 5.12. The van der Waals surface area contributed by atoms with Crippen LogP contribution in [0.15, 0.2) is 24.5 Å². The van der Waals surface area contributed by atoms with Crippen molar-refractivity contribution in [3.63, 3.8) is 0 Å². The van der Waals surface area contributed by atoms with E-state index >= 15 is 0 Å². The average Bonchev–Trinajstić information content (AvgIpc) is 2.73. The van der Waals surface area contributed by atoms with E-state index in [1.54, 1.807) is 12.4 Å². The van der Waals surface area contributed by atoms with Crippen molar-refractivity contribution in [3.8, 4) is 0 Å². The molecule has 1 aromatic rings. The van der Waals surface area contributed by atoms with Crippen LogP contribution in [-0.4, -0.2) is 65.0 Å². The molecule has 0 atom stereocenters. The van der Waals surface area contributed by atoms with E-state index in [9.17, 15) is 9.59 Å². The van der Waals surface area contributed by atoms with E-state index in [0.717, 1.165) is 18.4 Å². The molecule has 0 bridgehead atoms. The summed E-state index contributed by atoms with van der Waals surface area (Å²) in [7, 11) is 0. The van der Waals surface area contributed by atoms with Crippen molar-refractivity contribution in [1.29, 1.82) is 0 Å². The second kappa shape index (κ2) is 7.30. The van der Waals surface area contributed by atoms with Crippen LogP contribution < -0.4 is 0 Å². The van der Waals surface area contributed by atoms with Gasteiger partial charge in [-0.05, 0) is 31.4 Å². The number of hydrogen-bond acceptors (Lipinski definition) is 4. The molecular weight excluding hydrogens is 306 g/mol. The summed E-state index contributed by atoms with van der Waals surface area (Å²) in [5.41, 5.74) is 0.636. The molecule has 6 heteroatoms.